The summed E-state index contributed by atoms with van der Waals surface area (Å²) in [4.78, 5) is 25.6. The molecule has 130 valence electrons. The van der Waals surface area contributed by atoms with Crippen LogP contribution < -0.4 is 0 Å². The first-order chi connectivity index (χ1) is 11.0. The fourth-order valence-corrected chi connectivity index (χ4v) is 5.25. The maximum absolute atomic E-state index is 12.9. The molecule has 0 heterocycles. The van der Waals surface area contributed by atoms with E-state index in [0.717, 1.165) is 19.3 Å². The van der Waals surface area contributed by atoms with Crippen molar-refractivity contribution in [2.75, 3.05) is 0 Å². The number of hydrogen-bond acceptors (Lipinski definition) is 4. The van der Waals surface area contributed by atoms with E-state index in [1.165, 1.54) is 6.08 Å². The summed E-state index contributed by atoms with van der Waals surface area (Å²) in [5.74, 6) is -1.48. The monoisotopic (exact) mass is 330 g/mol. The van der Waals surface area contributed by atoms with Gasteiger partial charge in [-0.3, -0.25) is 9.59 Å². The van der Waals surface area contributed by atoms with Gasteiger partial charge in [-0.1, -0.05) is 41.0 Å². The van der Waals surface area contributed by atoms with E-state index >= 15 is 0 Å². The van der Waals surface area contributed by atoms with Crippen LogP contribution in [0.15, 0.2) is 34.3 Å². The molecule has 0 bridgehead atoms. The number of carbonyl (C=O) groups is 2. The number of ketones is 2. The van der Waals surface area contributed by atoms with Gasteiger partial charge in [-0.2, -0.15) is 0 Å². The molecule has 0 spiro atoms. The molecule has 3 rings (SSSR count). The second-order valence-corrected chi connectivity index (χ2v) is 8.62. The molecule has 1 fully saturated rings. The van der Waals surface area contributed by atoms with E-state index in [4.69, 9.17) is 0 Å². The first-order valence-electron chi connectivity index (χ1n) is 8.70. The van der Waals surface area contributed by atoms with Crippen LogP contribution in [0.25, 0.3) is 0 Å². The topological polar surface area (TPSA) is 74.6 Å². The molecule has 0 aromatic heterocycles. The zero-order chi connectivity index (χ0) is 18.0. The van der Waals surface area contributed by atoms with Crippen molar-refractivity contribution in [1.82, 2.24) is 0 Å². The van der Waals surface area contributed by atoms with Gasteiger partial charge in [-0.05, 0) is 30.3 Å². The maximum atomic E-state index is 12.9. The predicted molar refractivity (Wildman–Crippen MR) is 91.5 cm³/mol. The quantitative estimate of drug-likeness (QED) is 0.756. The van der Waals surface area contributed by atoms with Crippen LogP contribution in [0.3, 0.4) is 0 Å². The highest BCUT2D eigenvalue weighted by Crippen LogP contribution is 2.60. The zero-order valence-corrected chi connectivity index (χ0v) is 15.1. The first kappa shape index (κ1) is 17.0. The fourth-order valence-electron chi connectivity index (χ4n) is 5.25. The van der Waals surface area contributed by atoms with Crippen LogP contribution in [0.2, 0.25) is 0 Å². The first-order valence-corrected chi connectivity index (χ1v) is 8.70. The smallest absolute Gasteiger partial charge is 0.227 e. The molecule has 3 aliphatic rings. The summed E-state index contributed by atoms with van der Waals surface area (Å²) in [5, 5.41) is 21.4. The average molecular weight is 330 g/mol. The minimum atomic E-state index is -0.626. The van der Waals surface area contributed by atoms with Gasteiger partial charge in [0.2, 0.25) is 5.78 Å². The Kier molecular flexibility index (Phi) is 3.60. The van der Waals surface area contributed by atoms with Crippen LogP contribution in [-0.2, 0) is 9.59 Å². The highest BCUT2D eigenvalue weighted by Gasteiger charge is 2.57. The summed E-state index contributed by atoms with van der Waals surface area (Å²) in [6.45, 7) is 9.69. The average Bonchev–Trinajstić information content (AvgIpc) is 2.42. The van der Waals surface area contributed by atoms with E-state index in [-0.39, 0.29) is 40.1 Å². The summed E-state index contributed by atoms with van der Waals surface area (Å²) in [6.07, 6.45) is 4.02. The van der Waals surface area contributed by atoms with Gasteiger partial charge in [0.15, 0.2) is 11.5 Å². The van der Waals surface area contributed by atoms with Crippen LogP contribution in [-0.4, -0.2) is 21.8 Å². The lowest BCUT2D eigenvalue weighted by atomic mass is 9.49. The second-order valence-electron chi connectivity index (χ2n) is 8.62. The van der Waals surface area contributed by atoms with Crippen molar-refractivity contribution < 1.29 is 19.8 Å². The predicted octanol–water partition coefficient (Wildman–Crippen LogP) is 4.19. The summed E-state index contributed by atoms with van der Waals surface area (Å²) in [6, 6.07) is 0. The normalized spacial score (nSPS) is 32.8. The van der Waals surface area contributed by atoms with Gasteiger partial charge >= 0.3 is 0 Å². The molecule has 0 aromatic rings. The molecule has 0 radical (unpaired) electrons. The van der Waals surface area contributed by atoms with Crippen molar-refractivity contribution in [1.29, 1.82) is 0 Å². The molecule has 2 unspecified atom stereocenters. The Hall–Kier alpha value is -1.84. The van der Waals surface area contributed by atoms with Crippen LogP contribution in [0, 0.1) is 22.7 Å². The third-order valence-corrected chi connectivity index (χ3v) is 6.13. The molecule has 24 heavy (non-hydrogen) atoms. The van der Waals surface area contributed by atoms with Gasteiger partial charge in [0.1, 0.15) is 5.76 Å². The molecular weight excluding hydrogens is 304 g/mol. The largest absolute Gasteiger partial charge is 0.507 e. The molecule has 0 aromatic carbocycles. The highest BCUT2D eigenvalue weighted by atomic mass is 16.3. The van der Waals surface area contributed by atoms with Gasteiger partial charge < -0.3 is 10.2 Å². The van der Waals surface area contributed by atoms with E-state index in [1.54, 1.807) is 13.8 Å². The van der Waals surface area contributed by atoms with Gasteiger partial charge in [0.25, 0.3) is 0 Å². The third-order valence-electron chi connectivity index (χ3n) is 6.13. The Bertz CT molecular complexity index is 733. The van der Waals surface area contributed by atoms with Gasteiger partial charge in [-0.15, -0.1) is 0 Å². The van der Waals surface area contributed by atoms with Crippen LogP contribution in [0.1, 0.15) is 53.9 Å². The molecule has 3 aliphatic carbocycles. The summed E-state index contributed by atoms with van der Waals surface area (Å²) < 4.78 is 0. The lowest BCUT2D eigenvalue weighted by Gasteiger charge is -2.53. The minimum absolute atomic E-state index is 0.0160. The number of rotatable bonds is 1. The number of aliphatic hydroxyl groups is 2. The maximum Gasteiger partial charge on any atom is 0.227 e. The number of Topliss-reactive ketones (excluding diaryl/α,β-unsaturated/α-hetero) is 1. The Morgan fingerprint density at radius 1 is 1.08 bits per heavy atom. The number of carbonyl (C=O) groups excluding carboxylic acids is 2. The summed E-state index contributed by atoms with van der Waals surface area (Å²) >= 11 is 0. The van der Waals surface area contributed by atoms with E-state index in [2.05, 4.69) is 13.8 Å². The highest BCUT2D eigenvalue weighted by molar-refractivity contribution is 6.12. The van der Waals surface area contributed by atoms with E-state index in [0.29, 0.717) is 11.1 Å². The van der Waals surface area contributed by atoms with Crippen molar-refractivity contribution in [3.8, 4) is 0 Å². The van der Waals surface area contributed by atoms with Crippen LogP contribution >= 0.6 is 0 Å². The third kappa shape index (κ3) is 2.04. The number of allylic oxidation sites excluding steroid dienone is 3. The molecule has 0 saturated heterocycles. The summed E-state index contributed by atoms with van der Waals surface area (Å²) in [5.41, 5.74) is 0.163. The zero-order valence-electron chi connectivity index (χ0n) is 15.1. The summed E-state index contributed by atoms with van der Waals surface area (Å²) in [7, 11) is 0. The van der Waals surface area contributed by atoms with Crippen molar-refractivity contribution in [3.05, 3.63) is 34.3 Å². The van der Waals surface area contributed by atoms with Gasteiger partial charge in [0.05, 0.1) is 0 Å². The molecule has 2 N–H and O–H groups in total. The molecule has 0 aliphatic heterocycles. The van der Waals surface area contributed by atoms with Gasteiger partial charge in [0, 0.05) is 28.1 Å². The van der Waals surface area contributed by atoms with E-state index < -0.39 is 11.2 Å². The Labute approximate surface area is 142 Å². The molecule has 2 atom stereocenters. The lowest BCUT2D eigenvalue weighted by molar-refractivity contribution is -0.130. The molecule has 4 heteroatoms. The second kappa shape index (κ2) is 5.08. The van der Waals surface area contributed by atoms with E-state index in [1.807, 2.05) is 6.92 Å². The van der Waals surface area contributed by atoms with Crippen molar-refractivity contribution >= 4 is 11.6 Å². The van der Waals surface area contributed by atoms with Crippen molar-refractivity contribution in [2.24, 2.45) is 22.7 Å². The van der Waals surface area contributed by atoms with Crippen molar-refractivity contribution in [3.63, 3.8) is 0 Å². The van der Waals surface area contributed by atoms with Crippen molar-refractivity contribution in [2.45, 2.75) is 53.9 Å². The van der Waals surface area contributed by atoms with Gasteiger partial charge in [-0.25, -0.2) is 0 Å². The molecule has 0 amide bonds. The lowest BCUT2D eigenvalue weighted by Crippen LogP contribution is -2.51. The fraction of sp³-hybridized carbons (Fsp3) is 0.600. The Morgan fingerprint density at radius 2 is 1.71 bits per heavy atom. The molecule has 1 saturated carbocycles. The SMILES string of the molecule is CC(C)C1=C(O)C2=CC(=O)C3C(C)(C)CCCC3(C)C2=C(O)C1=O. The number of hydrogen-bond donors (Lipinski definition) is 2. The Balaban J connectivity index is 2.30. The Morgan fingerprint density at radius 3 is 2.29 bits per heavy atom. The standard InChI is InChI=1S/C20H26O4/c1-10(2)13-15(22)11-9-12(21)18-19(3,4)7-6-8-20(18,5)14(11)17(24)16(13)23/h9-10,18,22,24H,6-8H2,1-5H3. The molecule has 4 nitrogen and oxygen atoms in total. The number of fused-ring (bicyclic) bond motifs is 3. The van der Waals surface area contributed by atoms with E-state index in [9.17, 15) is 19.8 Å². The number of aliphatic hydroxyl groups excluding tert-OH is 2. The minimum Gasteiger partial charge on any atom is -0.507 e. The van der Waals surface area contributed by atoms with Crippen LogP contribution in [0.5, 0.6) is 0 Å². The van der Waals surface area contributed by atoms with Crippen LogP contribution in [0.4, 0.5) is 0 Å². The molecular formula is C20H26O4.